The van der Waals surface area contributed by atoms with Crippen LogP contribution in [0, 0.1) is 0 Å². The van der Waals surface area contributed by atoms with Crippen LogP contribution in [0.4, 0.5) is 0 Å². The maximum atomic E-state index is 11.7. The second-order valence-electron chi connectivity index (χ2n) is 5.02. The summed E-state index contributed by atoms with van der Waals surface area (Å²) in [6.45, 7) is 1.81. The third-order valence-electron chi connectivity index (χ3n) is 3.56. The van der Waals surface area contributed by atoms with Gasteiger partial charge in [-0.2, -0.15) is 0 Å². The molecule has 0 aliphatic carbocycles. The van der Waals surface area contributed by atoms with E-state index in [9.17, 15) is 4.79 Å². The van der Waals surface area contributed by atoms with E-state index in [1.807, 2.05) is 31.2 Å². The van der Waals surface area contributed by atoms with E-state index in [-0.39, 0.29) is 11.2 Å². The highest BCUT2D eigenvalue weighted by Crippen LogP contribution is 2.39. The van der Waals surface area contributed by atoms with E-state index in [2.05, 4.69) is 15.3 Å². The van der Waals surface area contributed by atoms with Crippen molar-refractivity contribution in [1.82, 2.24) is 9.97 Å². The number of hydrogen-bond donors (Lipinski definition) is 0. The van der Waals surface area contributed by atoms with Crippen molar-refractivity contribution in [3.05, 3.63) is 36.0 Å². The summed E-state index contributed by atoms with van der Waals surface area (Å²) in [6, 6.07) is 7.86. The second kappa shape index (κ2) is 7.19. The van der Waals surface area contributed by atoms with Crippen LogP contribution >= 0.6 is 23.1 Å². The Labute approximate surface area is 148 Å². The highest BCUT2D eigenvalue weighted by atomic mass is 32.2. The van der Waals surface area contributed by atoms with Crippen molar-refractivity contribution in [3.8, 4) is 16.9 Å². The van der Waals surface area contributed by atoms with Crippen LogP contribution in [-0.2, 0) is 9.53 Å². The molecule has 0 saturated heterocycles. The van der Waals surface area contributed by atoms with E-state index in [0.717, 1.165) is 32.1 Å². The molecule has 3 aromatic rings. The largest absolute Gasteiger partial charge is 0.497 e. The van der Waals surface area contributed by atoms with Crippen LogP contribution in [0.2, 0.25) is 0 Å². The number of rotatable bonds is 5. The van der Waals surface area contributed by atoms with Gasteiger partial charge in [0.25, 0.3) is 0 Å². The predicted octanol–water partition coefficient (Wildman–Crippen LogP) is 4.02. The van der Waals surface area contributed by atoms with Gasteiger partial charge in [-0.05, 0) is 24.6 Å². The van der Waals surface area contributed by atoms with E-state index >= 15 is 0 Å². The minimum absolute atomic E-state index is 0.270. The van der Waals surface area contributed by atoms with Gasteiger partial charge in [0, 0.05) is 10.9 Å². The number of methoxy groups -OCH3 is 2. The number of carbonyl (C=O) groups excluding carboxylic acids is 1. The molecule has 0 fully saturated rings. The van der Waals surface area contributed by atoms with Crippen LogP contribution in [0.25, 0.3) is 21.3 Å². The number of fused-ring (bicyclic) bond motifs is 1. The van der Waals surface area contributed by atoms with E-state index in [0.29, 0.717) is 0 Å². The number of ether oxygens (including phenoxy) is 2. The van der Waals surface area contributed by atoms with Crippen LogP contribution in [0.5, 0.6) is 5.75 Å². The summed E-state index contributed by atoms with van der Waals surface area (Å²) in [6.07, 6.45) is 1.53. The van der Waals surface area contributed by atoms with Crippen LogP contribution in [0.15, 0.2) is 41.0 Å². The van der Waals surface area contributed by atoms with Crippen LogP contribution in [0.1, 0.15) is 6.92 Å². The van der Waals surface area contributed by atoms with E-state index < -0.39 is 0 Å². The van der Waals surface area contributed by atoms with Gasteiger partial charge in [0.05, 0.1) is 19.6 Å². The molecule has 0 spiro atoms. The molecule has 0 amide bonds. The monoisotopic (exact) mass is 360 g/mol. The molecule has 0 radical (unpaired) electrons. The number of thioether (sulfide) groups is 1. The first-order chi connectivity index (χ1) is 11.6. The van der Waals surface area contributed by atoms with E-state index in [1.54, 1.807) is 18.4 Å². The zero-order valence-corrected chi connectivity index (χ0v) is 15.1. The lowest BCUT2D eigenvalue weighted by Crippen LogP contribution is -2.14. The second-order valence-corrected chi connectivity index (χ2v) is 7.21. The molecular formula is C17H16N2O3S2. The van der Waals surface area contributed by atoms with Crippen molar-refractivity contribution in [2.45, 2.75) is 17.2 Å². The Morgan fingerprint density at radius 2 is 1.96 bits per heavy atom. The summed E-state index contributed by atoms with van der Waals surface area (Å²) < 4.78 is 10.0. The van der Waals surface area contributed by atoms with Gasteiger partial charge in [0.15, 0.2) is 0 Å². The summed E-state index contributed by atoms with van der Waals surface area (Å²) in [7, 11) is 3.04. The zero-order chi connectivity index (χ0) is 17.1. The summed E-state index contributed by atoms with van der Waals surface area (Å²) in [5, 5.41) is 3.48. The molecule has 1 atom stereocenters. The van der Waals surface area contributed by atoms with Crippen molar-refractivity contribution < 1.29 is 14.3 Å². The maximum absolute atomic E-state index is 11.7. The average Bonchev–Trinajstić information content (AvgIpc) is 3.06. The molecule has 124 valence electrons. The van der Waals surface area contributed by atoms with Gasteiger partial charge < -0.3 is 9.47 Å². The first-order valence-corrected chi connectivity index (χ1v) is 9.01. The molecule has 0 bridgehead atoms. The molecule has 7 heteroatoms. The van der Waals surface area contributed by atoms with Gasteiger partial charge in [0.2, 0.25) is 0 Å². The topological polar surface area (TPSA) is 61.3 Å². The molecule has 0 aliphatic rings. The number of esters is 1. The normalized spacial score (nSPS) is 12.1. The Hall–Kier alpha value is -2.12. The van der Waals surface area contributed by atoms with E-state index in [4.69, 9.17) is 9.47 Å². The summed E-state index contributed by atoms with van der Waals surface area (Å²) in [4.78, 5) is 21.3. The van der Waals surface area contributed by atoms with E-state index in [1.165, 1.54) is 25.2 Å². The lowest BCUT2D eigenvalue weighted by Gasteiger charge is -2.10. The molecule has 5 nitrogen and oxygen atoms in total. The Morgan fingerprint density at radius 1 is 1.21 bits per heavy atom. The van der Waals surface area contributed by atoms with Crippen LogP contribution < -0.4 is 4.74 Å². The minimum atomic E-state index is -0.336. The van der Waals surface area contributed by atoms with Gasteiger partial charge in [-0.25, -0.2) is 9.97 Å². The third-order valence-corrected chi connectivity index (χ3v) is 5.52. The number of nitrogens with zero attached hydrogens (tertiary/aromatic N) is 2. The smallest absolute Gasteiger partial charge is 0.318 e. The van der Waals surface area contributed by atoms with Crippen molar-refractivity contribution in [2.24, 2.45) is 0 Å². The quantitative estimate of drug-likeness (QED) is 0.389. The van der Waals surface area contributed by atoms with Crippen molar-refractivity contribution >= 4 is 39.3 Å². The number of hydrogen-bond acceptors (Lipinski definition) is 7. The fourth-order valence-corrected chi connectivity index (χ4v) is 4.24. The SMILES string of the molecule is COC(=O)C(C)Sc1ncnc2scc(-c3ccc(OC)cc3)c12. The Kier molecular flexibility index (Phi) is 5.01. The highest BCUT2D eigenvalue weighted by Gasteiger charge is 2.20. The number of thiophene rings is 1. The molecule has 0 saturated carbocycles. The van der Waals surface area contributed by atoms with Gasteiger partial charge in [-0.3, -0.25) is 4.79 Å². The number of carbonyl (C=O) groups is 1. The van der Waals surface area contributed by atoms with Gasteiger partial charge >= 0.3 is 5.97 Å². The van der Waals surface area contributed by atoms with Crippen LogP contribution in [-0.4, -0.2) is 35.4 Å². The summed E-state index contributed by atoms with van der Waals surface area (Å²) in [5.41, 5.74) is 2.11. The Balaban J connectivity index is 2.04. The Bertz CT molecular complexity index is 862. The van der Waals surface area contributed by atoms with Crippen molar-refractivity contribution in [3.63, 3.8) is 0 Å². The lowest BCUT2D eigenvalue weighted by atomic mass is 10.1. The first kappa shape index (κ1) is 16.7. The third kappa shape index (κ3) is 3.22. The predicted molar refractivity (Wildman–Crippen MR) is 96.7 cm³/mol. The molecule has 1 unspecified atom stereocenters. The standard InChI is InChI=1S/C17H16N2O3S2/c1-10(17(20)22-3)24-16-14-13(8-23-15(14)18-9-19-16)11-4-6-12(21-2)7-5-11/h4-10H,1-3H3. The molecule has 2 aromatic heterocycles. The molecule has 0 N–H and O–H groups in total. The lowest BCUT2D eigenvalue weighted by molar-refractivity contribution is -0.139. The Morgan fingerprint density at radius 3 is 2.62 bits per heavy atom. The molecular weight excluding hydrogens is 344 g/mol. The highest BCUT2D eigenvalue weighted by molar-refractivity contribution is 8.00. The fraction of sp³-hybridized carbons (Fsp3) is 0.235. The fourth-order valence-electron chi connectivity index (χ4n) is 2.30. The average molecular weight is 360 g/mol. The summed E-state index contributed by atoms with van der Waals surface area (Å²) >= 11 is 2.95. The molecule has 2 heterocycles. The number of benzene rings is 1. The summed E-state index contributed by atoms with van der Waals surface area (Å²) in [5.74, 6) is 0.538. The first-order valence-electron chi connectivity index (χ1n) is 7.25. The van der Waals surface area contributed by atoms with Crippen molar-refractivity contribution in [1.29, 1.82) is 0 Å². The van der Waals surface area contributed by atoms with Crippen molar-refractivity contribution in [2.75, 3.05) is 14.2 Å². The number of aromatic nitrogens is 2. The molecule has 3 rings (SSSR count). The maximum Gasteiger partial charge on any atom is 0.318 e. The zero-order valence-electron chi connectivity index (χ0n) is 13.5. The molecule has 24 heavy (non-hydrogen) atoms. The van der Waals surface area contributed by atoms with Gasteiger partial charge in [0.1, 0.15) is 27.2 Å². The minimum Gasteiger partial charge on any atom is -0.497 e. The van der Waals surface area contributed by atoms with Gasteiger partial charge in [-0.1, -0.05) is 23.9 Å². The molecule has 1 aromatic carbocycles. The van der Waals surface area contributed by atoms with Crippen LogP contribution in [0.3, 0.4) is 0 Å². The van der Waals surface area contributed by atoms with Gasteiger partial charge in [-0.15, -0.1) is 11.3 Å². The molecule has 0 aliphatic heterocycles.